The largest absolute Gasteiger partial charge is 0.496 e. The number of methoxy groups -OCH3 is 1. The molecule has 1 aliphatic heterocycles. The third-order valence-corrected chi connectivity index (χ3v) is 7.47. The predicted molar refractivity (Wildman–Crippen MR) is 132 cm³/mol. The second-order valence-corrected chi connectivity index (χ2v) is 9.42. The van der Waals surface area contributed by atoms with Crippen LogP contribution < -0.4 is 19.6 Å². The van der Waals surface area contributed by atoms with Crippen LogP contribution in [0.5, 0.6) is 5.75 Å². The van der Waals surface area contributed by atoms with Crippen molar-refractivity contribution in [2.24, 2.45) is 4.99 Å². The number of hydrogen-bond acceptors (Lipinski definition) is 4. The lowest BCUT2D eigenvalue weighted by atomic mass is 9.83. The molecule has 4 aromatic rings. The van der Waals surface area contributed by atoms with E-state index in [1.54, 1.807) is 23.8 Å². The van der Waals surface area contributed by atoms with Crippen LogP contribution in [0.25, 0.3) is 11.8 Å². The summed E-state index contributed by atoms with van der Waals surface area (Å²) < 4.78 is 21.6. The lowest BCUT2D eigenvalue weighted by molar-refractivity contribution is 0.414. The third kappa shape index (κ3) is 3.33. The van der Waals surface area contributed by atoms with Gasteiger partial charge in [0.05, 0.1) is 23.4 Å². The molecule has 0 N–H and O–H groups in total. The average molecular weight is 469 g/mol. The van der Waals surface area contributed by atoms with Gasteiger partial charge in [-0.05, 0) is 53.8 Å². The van der Waals surface area contributed by atoms with Crippen LogP contribution in [0.4, 0.5) is 4.39 Å². The monoisotopic (exact) mass is 468 g/mol. The molecule has 2 heterocycles. The Kier molecular flexibility index (Phi) is 5.03. The highest BCUT2D eigenvalue weighted by atomic mass is 32.1. The zero-order chi connectivity index (χ0) is 23.2. The third-order valence-electron chi connectivity index (χ3n) is 6.48. The maximum atomic E-state index is 13.8. The number of allylic oxidation sites excluding steroid dienone is 1. The van der Waals surface area contributed by atoms with Crippen LogP contribution >= 0.6 is 11.3 Å². The Hall–Kier alpha value is -3.77. The normalized spacial score (nSPS) is 17.0. The van der Waals surface area contributed by atoms with Crippen molar-refractivity contribution >= 4 is 23.1 Å². The van der Waals surface area contributed by atoms with Crippen LogP contribution in [0, 0.1) is 5.82 Å². The second kappa shape index (κ2) is 8.22. The van der Waals surface area contributed by atoms with E-state index in [4.69, 9.17) is 9.73 Å². The smallest absolute Gasteiger partial charge is 0.271 e. The van der Waals surface area contributed by atoms with Crippen molar-refractivity contribution in [2.75, 3.05) is 7.11 Å². The lowest BCUT2D eigenvalue weighted by Crippen LogP contribution is -2.38. The molecule has 3 aromatic carbocycles. The van der Waals surface area contributed by atoms with Crippen LogP contribution in [0.3, 0.4) is 0 Å². The molecule has 168 valence electrons. The Morgan fingerprint density at radius 1 is 1.03 bits per heavy atom. The van der Waals surface area contributed by atoms with Crippen LogP contribution in [0.1, 0.15) is 34.7 Å². The summed E-state index contributed by atoms with van der Waals surface area (Å²) in [6.07, 6.45) is 3.54. The van der Waals surface area contributed by atoms with Gasteiger partial charge in [0.15, 0.2) is 4.80 Å². The zero-order valence-electron chi connectivity index (χ0n) is 18.5. The highest BCUT2D eigenvalue weighted by molar-refractivity contribution is 7.07. The van der Waals surface area contributed by atoms with Crippen molar-refractivity contribution in [3.05, 3.63) is 126 Å². The minimum absolute atomic E-state index is 0.102. The van der Waals surface area contributed by atoms with Gasteiger partial charge in [-0.25, -0.2) is 9.38 Å². The van der Waals surface area contributed by atoms with Gasteiger partial charge in [0.25, 0.3) is 5.56 Å². The maximum Gasteiger partial charge on any atom is 0.271 e. The summed E-state index contributed by atoms with van der Waals surface area (Å²) in [5.41, 5.74) is 6.02. The molecule has 4 nitrogen and oxygen atoms in total. The van der Waals surface area contributed by atoms with Gasteiger partial charge < -0.3 is 4.74 Å². The van der Waals surface area contributed by atoms with Gasteiger partial charge in [-0.15, -0.1) is 0 Å². The zero-order valence-corrected chi connectivity index (χ0v) is 19.3. The molecule has 0 saturated heterocycles. The molecule has 1 aliphatic carbocycles. The van der Waals surface area contributed by atoms with Gasteiger partial charge in [0.1, 0.15) is 11.6 Å². The fourth-order valence-electron chi connectivity index (χ4n) is 4.89. The fraction of sp³-hybridized carbons (Fsp3) is 0.143. The number of ether oxygens (including phenoxy) is 1. The fourth-order valence-corrected chi connectivity index (χ4v) is 5.89. The van der Waals surface area contributed by atoms with E-state index in [0.29, 0.717) is 15.1 Å². The van der Waals surface area contributed by atoms with Gasteiger partial charge >= 0.3 is 0 Å². The minimum atomic E-state index is -0.319. The van der Waals surface area contributed by atoms with Gasteiger partial charge in [-0.1, -0.05) is 65.9 Å². The molecule has 0 unspecified atom stereocenters. The Morgan fingerprint density at radius 3 is 2.62 bits per heavy atom. The van der Waals surface area contributed by atoms with E-state index in [2.05, 4.69) is 12.1 Å². The quantitative estimate of drug-likeness (QED) is 0.446. The molecule has 34 heavy (non-hydrogen) atoms. The molecule has 1 atom stereocenters. The summed E-state index contributed by atoms with van der Waals surface area (Å²) in [5.74, 6) is 0.409. The first-order valence-electron chi connectivity index (χ1n) is 11.2. The van der Waals surface area contributed by atoms with Gasteiger partial charge in [-0.2, -0.15) is 0 Å². The molecular weight excluding hydrogens is 447 g/mol. The molecule has 0 fully saturated rings. The van der Waals surface area contributed by atoms with Gasteiger partial charge in [-0.3, -0.25) is 9.36 Å². The number of rotatable bonds is 3. The van der Waals surface area contributed by atoms with E-state index in [1.165, 1.54) is 29.0 Å². The summed E-state index contributed by atoms with van der Waals surface area (Å²) in [4.78, 5) is 19.4. The SMILES string of the molecule is COc1ccccc1/C=c1\sc2n(c1=O)[C@@H](c1ccc(F)cc1)C1=C(N=2)c2ccccc2CC1. The number of halogens is 1. The summed E-state index contributed by atoms with van der Waals surface area (Å²) in [5, 5.41) is 0. The first-order valence-corrected chi connectivity index (χ1v) is 12.0. The maximum absolute atomic E-state index is 13.8. The summed E-state index contributed by atoms with van der Waals surface area (Å²) in [7, 11) is 1.62. The molecule has 2 aliphatic rings. The summed E-state index contributed by atoms with van der Waals surface area (Å²) in [6.45, 7) is 0. The van der Waals surface area contributed by atoms with Gasteiger partial charge in [0.2, 0.25) is 0 Å². The van der Waals surface area contributed by atoms with Crippen molar-refractivity contribution in [3.8, 4) is 5.75 Å². The average Bonchev–Trinajstić information content (AvgIpc) is 3.18. The number of aryl methyl sites for hydroxylation is 1. The first kappa shape index (κ1) is 20.8. The Morgan fingerprint density at radius 2 is 1.79 bits per heavy atom. The van der Waals surface area contributed by atoms with Crippen molar-refractivity contribution in [1.29, 1.82) is 0 Å². The van der Waals surface area contributed by atoms with E-state index < -0.39 is 0 Å². The molecular formula is C28H21FN2O2S. The second-order valence-electron chi connectivity index (χ2n) is 8.41. The molecule has 6 heteroatoms. The van der Waals surface area contributed by atoms with Crippen molar-refractivity contribution in [2.45, 2.75) is 18.9 Å². The first-order chi connectivity index (χ1) is 16.6. The van der Waals surface area contributed by atoms with Crippen molar-refractivity contribution in [1.82, 2.24) is 4.57 Å². The molecule has 0 saturated carbocycles. The van der Waals surface area contributed by atoms with Crippen LogP contribution in [-0.4, -0.2) is 11.7 Å². The standard InChI is InChI=1S/C28H21FN2O2S/c1-33-23-9-5-3-7-19(23)16-24-27(32)31-26(18-10-13-20(29)14-11-18)22-15-12-17-6-2-4-8-21(17)25(22)30-28(31)34-24/h2-11,13-14,16,26H,12,15H2,1H3/b24-16-/t26-/m0/s1. The Balaban J connectivity index is 1.63. The van der Waals surface area contributed by atoms with E-state index in [9.17, 15) is 9.18 Å². The topological polar surface area (TPSA) is 43.6 Å². The summed E-state index contributed by atoms with van der Waals surface area (Å²) in [6, 6.07) is 22.1. The number of para-hydroxylation sites is 1. The number of hydrogen-bond donors (Lipinski definition) is 0. The van der Waals surface area contributed by atoms with E-state index in [0.717, 1.165) is 40.8 Å². The minimum Gasteiger partial charge on any atom is -0.496 e. The van der Waals surface area contributed by atoms with E-state index in [1.807, 2.05) is 42.5 Å². The van der Waals surface area contributed by atoms with E-state index >= 15 is 0 Å². The van der Waals surface area contributed by atoms with Gasteiger partial charge in [0, 0.05) is 11.1 Å². The molecule has 0 radical (unpaired) electrons. The van der Waals surface area contributed by atoms with Crippen molar-refractivity contribution < 1.29 is 9.13 Å². The molecule has 6 rings (SSSR count). The molecule has 0 spiro atoms. The Bertz CT molecular complexity index is 1630. The number of benzene rings is 3. The lowest BCUT2D eigenvalue weighted by Gasteiger charge is -2.30. The molecule has 0 amide bonds. The number of thiazole rings is 1. The Labute approximate surface area is 199 Å². The molecule has 1 aromatic heterocycles. The number of aromatic nitrogens is 1. The predicted octanol–water partition coefficient (Wildman–Crippen LogP) is 4.47. The number of fused-ring (bicyclic) bond motifs is 3. The highest BCUT2D eigenvalue weighted by Crippen LogP contribution is 2.41. The van der Waals surface area contributed by atoms with Crippen LogP contribution in [-0.2, 0) is 6.42 Å². The van der Waals surface area contributed by atoms with Crippen LogP contribution in [0.2, 0.25) is 0 Å². The van der Waals surface area contributed by atoms with E-state index in [-0.39, 0.29) is 17.4 Å². The number of nitrogens with zero attached hydrogens (tertiary/aromatic N) is 2. The van der Waals surface area contributed by atoms with Crippen molar-refractivity contribution in [3.63, 3.8) is 0 Å². The highest BCUT2D eigenvalue weighted by Gasteiger charge is 2.32. The summed E-state index contributed by atoms with van der Waals surface area (Å²) >= 11 is 1.37. The molecule has 0 bridgehead atoms. The van der Waals surface area contributed by atoms with Crippen LogP contribution in [0.15, 0.2) is 88.2 Å².